The lowest BCUT2D eigenvalue weighted by molar-refractivity contribution is 0.866. The van der Waals surface area contributed by atoms with Gasteiger partial charge in [0.15, 0.2) is 0 Å². The van der Waals surface area contributed by atoms with Gasteiger partial charge in [-0.25, -0.2) is 0 Å². The second-order valence-electron chi connectivity index (χ2n) is 5.96. The Morgan fingerprint density at radius 1 is 1.05 bits per heavy atom. The van der Waals surface area contributed by atoms with E-state index in [1.165, 1.54) is 18.4 Å². The molecule has 22 heavy (non-hydrogen) atoms. The molecule has 0 atom stereocenters. The predicted molar refractivity (Wildman–Crippen MR) is 91.6 cm³/mol. The first-order chi connectivity index (χ1) is 10.7. The Labute approximate surface area is 134 Å². The number of nitrogens with zero attached hydrogens (tertiary/aromatic N) is 1. The first kappa shape index (κ1) is 13.6. The van der Waals surface area contributed by atoms with Gasteiger partial charge < -0.3 is 4.57 Å². The number of pyridine rings is 1. The maximum absolute atomic E-state index is 12.7. The molecule has 2 nitrogen and oxygen atoms in total. The molecule has 1 aliphatic rings. The minimum absolute atomic E-state index is 0.0370. The molecule has 3 heteroatoms. The van der Waals surface area contributed by atoms with Crippen molar-refractivity contribution in [3.63, 3.8) is 0 Å². The highest BCUT2D eigenvalue weighted by molar-refractivity contribution is 6.31. The van der Waals surface area contributed by atoms with Crippen LogP contribution in [0.1, 0.15) is 24.3 Å². The lowest BCUT2D eigenvalue weighted by atomic mass is 9.96. The van der Waals surface area contributed by atoms with Crippen LogP contribution in [0.4, 0.5) is 0 Å². The van der Waals surface area contributed by atoms with Gasteiger partial charge in [-0.1, -0.05) is 41.9 Å². The largest absolute Gasteiger partial charge is 0.310 e. The summed E-state index contributed by atoms with van der Waals surface area (Å²) in [7, 11) is 1.87. The van der Waals surface area contributed by atoms with Crippen molar-refractivity contribution in [2.24, 2.45) is 7.05 Å². The summed E-state index contributed by atoms with van der Waals surface area (Å²) in [5, 5.41) is 2.45. The molecular weight excluding hydrogens is 294 g/mol. The third kappa shape index (κ3) is 2.06. The zero-order valence-electron chi connectivity index (χ0n) is 12.3. The van der Waals surface area contributed by atoms with Crippen LogP contribution in [0.25, 0.3) is 22.0 Å². The van der Waals surface area contributed by atoms with Crippen molar-refractivity contribution in [3.8, 4) is 11.3 Å². The first-order valence-corrected chi connectivity index (χ1v) is 7.92. The minimum Gasteiger partial charge on any atom is -0.310 e. The third-order valence-electron chi connectivity index (χ3n) is 4.43. The summed E-state index contributed by atoms with van der Waals surface area (Å²) in [5.41, 5.74) is 3.43. The molecule has 2 aromatic carbocycles. The molecule has 1 aromatic heterocycles. The van der Waals surface area contributed by atoms with Gasteiger partial charge in [0.25, 0.3) is 5.56 Å². The molecule has 4 rings (SSSR count). The van der Waals surface area contributed by atoms with Crippen LogP contribution < -0.4 is 5.56 Å². The smallest absolute Gasteiger partial charge is 0.258 e. The Morgan fingerprint density at radius 3 is 2.45 bits per heavy atom. The summed E-state index contributed by atoms with van der Waals surface area (Å²) >= 11 is 6.20. The molecule has 1 heterocycles. The van der Waals surface area contributed by atoms with Crippen molar-refractivity contribution in [1.29, 1.82) is 0 Å². The van der Waals surface area contributed by atoms with Crippen LogP contribution in [-0.4, -0.2) is 4.57 Å². The van der Waals surface area contributed by atoms with E-state index in [1.54, 1.807) is 10.6 Å². The van der Waals surface area contributed by atoms with E-state index in [1.807, 2.05) is 37.4 Å². The van der Waals surface area contributed by atoms with E-state index < -0.39 is 0 Å². The molecular formula is C19H16ClNO. The van der Waals surface area contributed by atoms with Crippen LogP contribution in [-0.2, 0) is 7.05 Å². The molecule has 1 fully saturated rings. The molecule has 3 aromatic rings. The van der Waals surface area contributed by atoms with Crippen LogP contribution in [0.5, 0.6) is 0 Å². The van der Waals surface area contributed by atoms with Crippen LogP contribution >= 0.6 is 11.6 Å². The van der Waals surface area contributed by atoms with Gasteiger partial charge in [0.2, 0.25) is 0 Å². The fourth-order valence-corrected chi connectivity index (χ4v) is 3.42. The van der Waals surface area contributed by atoms with E-state index >= 15 is 0 Å². The summed E-state index contributed by atoms with van der Waals surface area (Å²) in [6.45, 7) is 0. The molecule has 0 saturated heterocycles. The molecule has 1 saturated carbocycles. The zero-order chi connectivity index (χ0) is 15.3. The van der Waals surface area contributed by atoms with Crippen molar-refractivity contribution in [1.82, 2.24) is 4.57 Å². The maximum Gasteiger partial charge on any atom is 0.258 e. The Balaban J connectivity index is 2.18. The van der Waals surface area contributed by atoms with Crippen molar-refractivity contribution >= 4 is 22.4 Å². The van der Waals surface area contributed by atoms with Gasteiger partial charge in [0.1, 0.15) is 0 Å². The molecule has 110 valence electrons. The second kappa shape index (κ2) is 4.99. The number of benzene rings is 2. The number of halogens is 1. The molecule has 0 amide bonds. The third-order valence-corrected chi connectivity index (χ3v) is 4.67. The van der Waals surface area contributed by atoms with Gasteiger partial charge in [0.05, 0.1) is 5.69 Å². The molecule has 0 N–H and O–H groups in total. The predicted octanol–water partition coefficient (Wildman–Crippen LogP) is 4.74. The zero-order valence-corrected chi connectivity index (χ0v) is 13.1. The van der Waals surface area contributed by atoms with Crippen molar-refractivity contribution < 1.29 is 0 Å². The highest BCUT2D eigenvalue weighted by atomic mass is 35.5. The van der Waals surface area contributed by atoms with Gasteiger partial charge in [-0.3, -0.25) is 4.79 Å². The van der Waals surface area contributed by atoms with Crippen LogP contribution in [0.2, 0.25) is 5.02 Å². The SMILES string of the molecule is Cn1c(-c2ccccc2)c(C2CC2)c2cc(Cl)ccc2c1=O. The summed E-state index contributed by atoms with van der Waals surface area (Å²) in [5.74, 6) is 0.531. The highest BCUT2D eigenvalue weighted by Crippen LogP contribution is 2.47. The Kier molecular flexibility index (Phi) is 3.08. The Hall–Kier alpha value is -2.06. The van der Waals surface area contributed by atoms with E-state index in [9.17, 15) is 4.79 Å². The molecule has 0 bridgehead atoms. The number of fused-ring (bicyclic) bond motifs is 1. The average molecular weight is 310 g/mol. The van der Waals surface area contributed by atoms with Crippen LogP contribution in [0, 0.1) is 0 Å². The fourth-order valence-electron chi connectivity index (χ4n) is 3.25. The molecule has 0 unspecified atom stereocenters. The van der Waals surface area contributed by atoms with E-state index in [2.05, 4.69) is 12.1 Å². The number of hydrogen-bond acceptors (Lipinski definition) is 1. The van der Waals surface area contributed by atoms with Gasteiger partial charge in [-0.05, 0) is 53.5 Å². The maximum atomic E-state index is 12.7. The summed E-state index contributed by atoms with van der Waals surface area (Å²) in [6, 6.07) is 15.7. The van der Waals surface area contributed by atoms with Gasteiger partial charge >= 0.3 is 0 Å². The lowest BCUT2D eigenvalue weighted by Crippen LogP contribution is -2.20. The Bertz CT molecular complexity index is 924. The summed E-state index contributed by atoms with van der Waals surface area (Å²) in [6.07, 6.45) is 2.36. The number of aromatic nitrogens is 1. The quantitative estimate of drug-likeness (QED) is 0.670. The molecule has 0 spiro atoms. The van der Waals surface area contributed by atoms with Gasteiger partial charge in [-0.2, -0.15) is 0 Å². The first-order valence-electron chi connectivity index (χ1n) is 7.54. The summed E-state index contributed by atoms with van der Waals surface area (Å²) in [4.78, 5) is 12.7. The number of rotatable bonds is 2. The molecule has 0 radical (unpaired) electrons. The lowest BCUT2D eigenvalue weighted by Gasteiger charge is -2.17. The molecule has 1 aliphatic carbocycles. The van der Waals surface area contributed by atoms with Gasteiger partial charge in [0, 0.05) is 17.5 Å². The van der Waals surface area contributed by atoms with Gasteiger partial charge in [-0.15, -0.1) is 0 Å². The highest BCUT2D eigenvalue weighted by Gasteiger charge is 2.30. The van der Waals surface area contributed by atoms with E-state index in [0.717, 1.165) is 22.0 Å². The van der Waals surface area contributed by atoms with E-state index in [0.29, 0.717) is 10.9 Å². The van der Waals surface area contributed by atoms with Crippen molar-refractivity contribution in [3.05, 3.63) is 69.5 Å². The Morgan fingerprint density at radius 2 is 1.77 bits per heavy atom. The molecule has 0 aliphatic heterocycles. The van der Waals surface area contributed by atoms with E-state index in [-0.39, 0.29) is 5.56 Å². The van der Waals surface area contributed by atoms with Crippen molar-refractivity contribution in [2.45, 2.75) is 18.8 Å². The second-order valence-corrected chi connectivity index (χ2v) is 6.39. The summed E-state index contributed by atoms with van der Waals surface area (Å²) < 4.78 is 1.79. The van der Waals surface area contributed by atoms with Crippen LogP contribution in [0.3, 0.4) is 0 Å². The average Bonchev–Trinajstić information content (AvgIpc) is 3.36. The van der Waals surface area contributed by atoms with Crippen molar-refractivity contribution in [2.75, 3.05) is 0 Å². The number of hydrogen-bond donors (Lipinski definition) is 0. The van der Waals surface area contributed by atoms with E-state index in [4.69, 9.17) is 11.6 Å². The normalized spacial score (nSPS) is 14.5. The van der Waals surface area contributed by atoms with Crippen LogP contribution in [0.15, 0.2) is 53.3 Å². The monoisotopic (exact) mass is 309 g/mol. The minimum atomic E-state index is 0.0370. The fraction of sp³-hybridized carbons (Fsp3) is 0.211. The standard InChI is InChI=1S/C19H16ClNO/c1-21-18(13-5-3-2-4-6-13)17(12-7-8-12)16-11-14(20)9-10-15(16)19(21)22/h2-6,9-12H,7-8H2,1H3. The topological polar surface area (TPSA) is 22.0 Å².